The number of carbonyl (C=O) groups is 1. The minimum Gasteiger partial charge on any atom is -0.341 e. The van der Waals surface area contributed by atoms with Gasteiger partial charge in [0.15, 0.2) is 0 Å². The van der Waals surface area contributed by atoms with Gasteiger partial charge in [-0.05, 0) is 73.9 Å². The Kier molecular flexibility index (Phi) is 5.47. The largest absolute Gasteiger partial charge is 0.341 e. The molecule has 3 aliphatic heterocycles. The van der Waals surface area contributed by atoms with Crippen LogP contribution in [0.4, 0.5) is 5.95 Å². The third-order valence-corrected chi connectivity index (χ3v) is 8.56. The van der Waals surface area contributed by atoms with Gasteiger partial charge in [0.05, 0.1) is 0 Å². The average molecular weight is 456 g/mol. The van der Waals surface area contributed by atoms with Gasteiger partial charge in [0.1, 0.15) is 0 Å². The highest BCUT2D eigenvalue weighted by Gasteiger charge is 2.49. The van der Waals surface area contributed by atoms with E-state index in [0.717, 1.165) is 64.0 Å². The van der Waals surface area contributed by atoms with Crippen LogP contribution in [-0.2, 0) is 11.2 Å². The number of anilines is 1. The molecular weight excluding hydrogens is 422 g/mol. The van der Waals surface area contributed by atoms with Crippen LogP contribution in [0.15, 0.2) is 55.1 Å². The van der Waals surface area contributed by atoms with Crippen molar-refractivity contribution in [2.45, 2.75) is 64.0 Å². The number of piperidine rings is 2. The van der Waals surface area contributed by atoms with Crippen LogP contribution in [0.5, 0.6) is 0 Å². The summed E-state index contributed by atoms with van der Waals surface area (Å²) in [7, 11) is 0. The van der Waals surface area contributed by atoms with Crippen molar-refractivity contribution in [1.82, 2.24) is 19.9 Å². The molecule has 34 heavy (non-hydrogen) atoms. The maximum absolute atomic E-state index is 13.9. The highest BCUT2D eigenvalue weighted by atomic mass is 16.2. The Balaban J connectivity index is 1.13. The summed E-state index contributed by atoms with van der Waals surface area (Å²) in [6.07, 6.45) is 14.8. The van der Waals surface area contributed by atoms with Gasteiger partial charge in [-0.3, -0.25) is 9.78 Å². The molecule has 0 N–H and O–H groups in total. The maximum atomic E-state index is 13.9. The first-order valence-corrected chi connectivity index (χ1v) is 12.8. The first-order chi connectivity index (χ1) is 16.6. The number of nitrogens with zero attached hydrogens (tertiary/aromatic N) is 5. The first kappa shape index (κ1) is 21.5. The standard InChI is InChI=1S/C28H33N5O/c1-28(9-14-32(15-10-28)27-30-11-3-12-31-27)26(34)33-23-6-7-24(33)18-20(17-23)16-21-4-2-5-22-19-29-13-8-25(21)22/h2-5,8,11-13,19-20,23-24H,6-7,9-10,14-18H2,1H3/t23-,24-/m0/s1. The van der Waals surface area contributed by atoms with Crippen LogP contribution in [0.25, 0.3) is 10.8 Å². The lowest BCUT2D eigenvalue weighted by atomic mass is 9.77. The van der Waals surface area contributed by atoms with E-state index in [0.29, 0.717) is 23.9 Å². The van der Waals surface area contributed by atoms with Crippen molar-refractivity contribution in [2.75, 3.05) is 18.0 Å². The fraction of sp³-hybridized carbons (Fsp3) is 0.500. The van der Waals surface area contributed by atoms with E-state index in [-0.39, 0.29) is 5.41 Å². The molecule has 176 valence electrons. The van der Waals surface area contributed by atoms with Crippen LogP contribution in [-0.4, -0.2) is 50.9 Å². The Labute approximate surface area is 201 Å². The summed E-state index contributed by atoms with van der Waals surface area (Å²) in [4.78, 5) is 31.5. The lowest BCUT2D eigenvalue weighted by Crippen LogP contribution is -2.55. The van der Waals surface area contributed by atoms with Gasteiger partial charge in [-0.1, -0.05) is 25.1 Å². The number of aromatic nitrogens is 3. The molecule has 6 heteroatoms. The smallest absolute Gasteiger partial charge is 0.229 e. The topological polar surface area (TPSA) is 62.2 Å². The van der Waals surface area contributed by atoms with E-state index in [1.807, 2.05) is 18.5 Å². The molecule has 6 nitrogen and oxygen atoms in total. The average Bonchev–Trinajstić information content (AvgIpc) is 3.14. The van der Waals surface area contributed by atoms with E-state index in [1.54, 1.807) is 12.4 Å². The van der Waals surface area contributed by atoms with Gasteiger partial charge < -0.3 is 9.80 Å². The van der Waals surface area contributed by atoms with E-state index < -0.39 is 0 Å². The van der Waals surface area contributed by atoms with Gasteiger partial charge in [-0.2, -0.15) is 0 Å². The number of hydrogen-bond acceptors (Lipinski definition) is 5. The van der Waals surface area contributed by atoms with Gasteiger partial charge in [0, 0.05) is 60.8 Å². The molecule has 3 aliphatic rings. The second-order valence-corrected chi connectivity index (χ2v) is 10.7. The summed E-state index contributed by atoms with van der Waals surface area (Å²) in [5.41, 5.74) is 1.15. The lowest BCUT2D eigenvalue weighted by Gasteiger charge is -2.46. The zero-order chi connectivity index (χ0) is 23.1. The van der Waals surface area contributed by atoms with Gasteiger partial charge in [-0.25, -0.2) is 9.97 Å². The van der Waals surface area contributed by atoms with Gasteiger partial charge >= 0.3 is 0 Å². The summed E-state index contributed by atoms with van der Waals surface area (Å²) in [5, 5.41) is 2.54. The molecule has 3 saturated heterocycles. The van der Waals surface area contributed by atoms with Crippen LogP contribution in [0.1, 0.15) is 51.0 Å². The molecule has 0 radical (unpaired) electrons. The molecule has 0 spiro atoms. The molecule has 3 fully saturated rings. The molecule has 3 aromatic rings. The Morgan fingerprint density at radius 3 is 2.47 bits per heavy atom. The normalized spacial score (nSPS) is 26.1. The molecular formula is C28H33N5O. The number of benzene rings is 1. The predicted molar refractivity (Wildman–Crippen MR) is 133 cm³/mol. The van der Waals surface area contributed by atoms with Crippen LogP contribution in [0.2, 0.25) is 0 Å². The van der Waals surface area contributed by atoms with Crippen LogP contribution in [0.3, 0.4) is 0 Å². The van der Waals surface area contributed by atoms with Crippen molar-refractivity contribution in [1.29, 1.82) is 0 Å². The number of pyridine rings is 1. The minimum atomic E-state index is -0.276. The Morgan fingerprint density at radius 1 is 1.00 bits per heavy atom. The second kappa shape index (κ2) is 8.64. The maximum Gasteiger partial charge on any atom is 0.229 e. The monoisotopic (exact) mass is 455 g/mol. The van der Waals surface area contributed by atoms with Crippen molar-refractivity contribution >= 4 is 22.6 Å². The number of rotatable bonds is 4. The number of fused-ring (bicyclic) bond motifs is 3. The molecule has 0 saturated carbocycles. The molecule has 5 heterocycles. The third kappa shape index (κ3) is 3.83. The van der Waals surface area contributed by atoms with Crippen LogP contribution >= 0.6 is 0 Å². The van der Waals surface area contributed by atoms with E-state index in [1.165, 1.54) is 16.3 Å². The SMILES string of the molecule is CC1(C(=O)N2[C@H]3CC[C@H]2CC(Cc2cccc4cnccc24)C3)CCN(c2ncccn2)CC1. The summed E-state index contributed by atoms with van der Waals surface area (Å²) < 4.78 is 0. The fourth-order valence-corrected chi connectivity index (χ4v) is 6.65. The highest BCUT2D eigenvalue weighted by molar-refractivity contribution is 5.85. The van der Waals surface area contributed by atoms with Gasteiger partial charge in [0.25, 0.3) is 0 Å². The summed E-state index contributed by atoms with van der Waals surface area (Å²) >= 11 is 0. The first-order valence-electron chi connectivity index (χ1n) is 12.8. The molecule has 0 aliphatic carbocycles. The van der Waals surface area contributed by atoms with Gasteiger partial charge in [-0.15, -0.1) is 0 Å². The van der Waals surface area contributed by atoms with Crippen molar-refractivity contribution in [3.63, 3.8) is 0 Å². The van der Waals surface area contributed by atoms with Crippen molar-refractivity contribution in [2.24, 2.45) is 11.3 Å². The molecule has 1 amide bonds. The van der Waals surface area contributed by atoms with E-state index in [2.05, 4.69) is 55.9 Å². The number of carbonyl (C=O) groups excluding carboxylic acids is 1. The van der Waals surface area contributed by atoms with E-state index >= 15 is 0 Å². The molecule has 1 aromatic carbocycles. The van der Waals surface area contributed by atoms with E-state index in [9.17, 15) is 4.79 Å². The summed E-state index contributed by atoms with van der Waals surface area (Å²) in [5.74, 6) is 1.82. The van der Waals surface area contributed by atoms with Crippen molar-refractivity contribution in [3.8, 4) is 0 Å². The molecule has 2 aromatic heterocycles. The zero-order valence-corrected chi connectivity index (χ0v) is 19.9. The predicted octanol–water partition coefficient (Wildman–Crippen LogP) is 4.64. The van der Waals surface area contributed by atoms with Crippen molar-refractivity contribution in [3.05, 3.63) is 60.7 Å². The zero-order valence-electron chi connectivity index (χ0n) is 19.9. The van der Waals surface area contributed by atoms with Gasteiger partial charge in [0.2, 0.25) is 11.9 Å². The summed E-state index contributed by atoms with van der Waals surface area (Å²) in [6.45, 7) is 3.87. The quantitative estimate of drug-likeness (QED) is 0.573. The molecule has 2 atom stereocenters. The Morgan fingerprint density at radius 2 is 1.74 bits per heavy atom. The molecule has 6 rings (SSSR count). The van der Waals surface area contributed by atoms with Crippen LogP contribution in [0, 0.1) is 11.3 Å². The lowest BCUT2D eigenvalue weighted by molar-refractivity contribution is -0.148. The number of amides is 1. The summed E-state index contributed by atoms with van der Waals surface area (Å²) in [6, 6.07) is 11.4. The second-order valence-electron chi connectivity index (χ2n) is 10.7. The fourth-order valence-electron chi connectivity index (χ4n) is 6.65. The highest BCUT2D eigenvalue weighted by Crippen LogP contribution is 2.44. The minimum absolute atomic E-state index is 0.276. The van der Waals surface area contributed by atoms with Crippen molar-refractivity contribution < 1.29 is 4.79 Å². The van der Waals surface area contributed by atoms with E-state index in [4.69, 9.17) is 0 Å². The Bertz CT molecular complexity index is 1150. The third-order valence-electron chi connectivity index (χ3n) is 8.56. The van der Waals surface area contributed by atoms with Crippen LogP contribution < -0.4 is 4.90 Å². The molecule has 2 bridgehead atoms. The number of hydrogen-bond donors (Lipinski definition) is 0. The Hall–Kier alpha value is -3.02. The molecule has 0 unspecified atom stereocenters.